The van der Waals surface area contributed by atoms with E-state index in [1.54, 1.807) is 0 Å². The van der Waals surface area contributed by atoms with E-state index in [2.05, 4.69) is 15.2 Å². The van der Waals surface area contributed by atoms with E-state index < -0.39 is 101 Å². The highest BCUT2D eigenvalue weighted by Gasteiger charge is 2.13. The Morgan fingerprint density at radius 3 is 2.96 bits per heavy atom. The standard InChI is InChI=1S/C18H17ClN2O3/c1-11(2)23-16-8-7-14(9-15(16)19)18-20-17(21-24-18)13-5-3-12(10-22)4-6-13/h3-9,11,22H,10H2,1-2H3/i1D2,3D,4D,5D,6D,7D,8D,9D,10D2,11D,22D. The molecule has 124 valence electrons. The Balaban J connectivity index is 2.18. The molecule has 0 saturated heterocycles. The molecule has 0 amide bonds. The molecule has 3 rings (SSSR count). The Kier molecular flexibility index (Phi) is 2.01. The van der Waals surface area contributed by atoms with Gasteiger partial charge in [0.1, 0.15) is 5.75 Å². The van der Waals surface area contributed by atoms with Gasteiger partial charge in [-0.15, -0.1) is 0 Å². The Labute approximate surface area is 163 Å². The third kappa shape index (κ3) is 3.58. The Morgan fingerprint density at radius 2 is 2.21 bits per heavy atom. The molecule has 0 fully saturated rings. The average molecular weight is 358 g/mol. The lowest BCUT2D eigenvalue weighted by Gasteiger charge is -2.11. The fourth-order valence-electron chi connectivity index (χ4n) is 1.61. The Bertz CT molecular complexity index is 1320. The van der Waals surface area contributed by atoms with Gasteiger partial charge < -0.3 is 14.4 Å². The average Bonchev–Trinajstić information content (AvgIpc) is 3.28. The van der Waals surface area contributed by atoms with Crippen molar-refractivity contribution in [2.24, 2.45) is 0 Å². The van der Waals surface area contributed by atoms with Gasteiger partial charge in [0.15, 0.2) is 0 Å². The van der Waals surface area contributed by atoms with E-state index in [0.29, 0.717) is 0 Å². The van der Waals surface area contributed by atoms with Crippen molar-refractivity contribution in [2.45, 2.75) is 26.4 Å². The topological polar surface area (TPSA) is 68.4 Å². The molecule has 1 unspecified atom stereocenters. The van der Waals surface area contributed by atoms with Crippen LogP contribution in [0.1, 0.15) is 35.8 Å². The first-order valence-electron chi connectivity index (χ1n) is 13.0. The van der Waals surface area contributed by atoms with E-state index in [1.165, 1.54) is 0 Å². The van der Waals surface area contributed by atoms with E-state index in [9.17, 15) is 0 Å². The molecule has 0 radical (unpaired) electrons. The zero-order valence-corrected chi connectivity index (χ0v) is 12.8. The van der Waals surface area contributed by atoms with Crippen molar-refractivity contribution < 1.29 is 30.8 Å². The Hall–Kier alpha value is -2.37. The number of ether oxygens (including phenoxy) is 1. The highest BCUT2D eigenvalue weighted by Crippen LogP contribution is 2.31. The van der Waals surface area contributed by atoms with Gasteiger partial charge >= 0.3 is 0 Å². The molecule has 3 aromatic rings. The van der Waals surface area contributed by atoms with Crippen LogP contribution in [-0.4, -0.2) is 22.8 Å². The van der Waals surface area contributed by atoms with Gasteiger partial charge in [-0.3, -0.25) is 0 Å². The third-order valence-corrected chi connectivity index (χ3v) is 2.85. The van der Waals surface area contributed by atoms with Crippen molar-refractivity contribution in [3.05, 3.63) is 52.9 Å². The number of aliphatic hydroxyl groups is 1. The number of hydrogen-bond donors (Lipinski definition) is 1. The first-order chi connectivity index (χ1) is 17.0. The third-order valence-electron chi connectivity index (χ3n) is 2.59. The maximum absolute atomic E-state index is 8.31. The van der Waals surface area contributed by atoms with Gasteiger partial charge in [-0.2, -0.15) is 4.98 Å². The molecule has 24 heavy (non-hydrogen) atoms. The van der Waals surface area contributed by atoms with Gasteiger partial charge in [-0.05, 0) is 37.5 Å². The van der Waals surface area contributed by atoms with Crippen LogP contribution in [0.25, 0.3) is 22.8 Å². The van der Waals surface area contributed by atoms with Crippen LogP contribution in [0.2, 0.25) is 5.02 Å². The maximum Gasteiger partial charge on any atom is 0.258 e. The van der Waals surface area contributed by atoms with E-state index in [-0.39, 0.29) is 0 Å². The van der Waals surface area contributed by atoms with Crippen molar-refractivity contribution >= 4 is 11.6 Å². The van der Waals surface area contributed by atoms with Crippen molar-refractivity contribution in [1.29, 1.82) is 1.43 Å². The summed E-state index contributed by atoms with van der Waals surface area (Å²) in [7, 11) is 0. The number of nitrogens with zero attached hydrogens (tertiary/aromatic N) is 2. The van der Waals surface area contributed by atoms with E-state index in [4.69, 9.17) is 38.7 Å². The zero-order chi connectivity index (χ0) is 28.2. The normalized spacial score (nSPS) is 21.9. The summed E-state index contributed by atoms with van der Waals surface area (Å²) in [6.07, 6.45) is -2.18. The fourth-order valence-corrected chi connectivity index (χ4v) is 1.79. The predicted molar refractivity (Wildman–Crippen MR) is 91.9 cm³/mol. The summed E-state index contributed by atoms with van der Waals surface area (Å²) in [6.45, 7) is -3.70. The summed E-state index contributed by atoms with van der Waals surface area (Å²) in [5, 5.41) is 6.96. The molecular weight excluding hydrogens is 328 g/mol. The summed E-state index contributed by atoms with van der Waals surface area (Å²) in [5.41, 5.74) is -1.78. The number of aromatic nitrogens is 2. The van der Waals surface area contributed by atoms with Gasteiger partial charge in [0.25, 0.3) is 5.89 Å². The largest absolute Gasteiger partial charge is 0.489 e. The molecule has 0 spiro atoms. The van der Waals surface area contributed by atoms with Crippen LogP contribution in [0, 0.1) is 0 Å². The molecule has 1 heterocycles. The highest BCUT2D eigenvalue weighted by molar-refractivity contribution is 6.32. The SMILES string of the molecule is [2H]OC([2H])([2H])c1c([2H])c([2H])c(-c2noc(-c3c([2H])c([2H])c(OC([2H])(C)C([2H])[2H])c(Cl)c3[2H])n2)c([2H])c1[2H]. The maximum atomic E-state index is 8.31. The van der Waals surface area contributed by atoms with Crippen molar-refractivity contribution in [2.75, 3.05) is 0 Å². The van der Waals surface area contributed by atoms with E-state index >= 15 is 0 Å². The minimum atomic E-state index is -2.96. The molecule has 0 bridgehead atoms. The molecule has 0 saturated carbocycles. The lowest BCUT2D eigenvalue weighted by atomic mass is 10.1. The van der Waals surface area contributed by atoms with Gasteiger partial charge in [0, 0.05) is 13.9 Å². The highest BCUT2D eigenvalue weighted by atomic mass is 35.5. The molecule has 6 heteroatoms. The number of rotatable bonds is 6. The smallest absolute Gasteiger partial charge is 0.258 e. The summed E-state index contributed by atoms with van der Waals surface area (Å²) >= 11 is 6.14. The summed E-state index contributed by atoms with van der Waals surface area (Å²) in [6, 6.07) is -5.32. The second kappa shape index (κ2) is 7.03. The molecule has 1 N–H and O–H groups in total. The lowest BCUT2D eigenvalue weighted by molar-refractivity contribution is 0.242. The monoisotopic (exact) mass is 357 g/mol. The van der Waals surface area contributed by atoms with Crippen LogP contribution < -0.4 is 4.74 Å². The quantitative estimate of drug-likeness (QED) is 0.710. The molecule has 0 aliphatic heterocycles. The van der Waals surface area contributed by atoms with Gasteiger partial charge in [0.05, 0.1) is 31.4 Å². The molecule has 1 aromatic heterocycles. The number of benzene rings is 2. The minimum absolute atomic E-state index is 0.452. The molecule has 0 aliphatic carbocycles. The predicted octanol–water partition coefficient (Wildman–Crippen LogP) is 4.34. The van der Waals surface area contributed by atoms with Crippen LogP contribution in [0.5, 0.6) is 5.75 Å². The zero-order valence-electron chi connectivity index (χ0n) is 25.1. The lowest BCUT2D eigenvalue weighted by Crippen LogP contribution is -2.05. The van der Waals surface area contributed by atoms with Crippen LogP contribution >= 0.6 is 11.6 Å². The summed E-state index contributed by atoms with van der Waals surface area (Å²) in [5.74, 6) is -1.65. The molecule has 2 aromatic carbocycles. The molecular formula is C18H17ClN2O3. The number of hydrogen-bond acceptors (Lipinski definition) is 5. The van der Waals surface area contributed by atoms with E-state index in [1.807, 2.05) is 0 Å². The second-order valence-electron chi connectivity index (χ2n) is 4.38. The molecule has 0 aliphatic rings. The van der Waals surface area contributed by atoms with Crippen LogP contribution in [-0.2, 0) is 6.56 Å². The van der Waals surface area contributed by atoms with Crippen LogP contribution in [0.4, 0.5) is 0 Å². The van der Waals surface area contributed by atoms with Gasteiger partial charge in [-0.1, -0.05) is 40.9 Å². The summed E-state index contributed by atoms with van der Waals surface area (Å²) < 4.78 is 112. The molecule has 1 atom stereocenters. The fraction of sp³-hybridized carbons (Fsp3) is 0.222. The van der Waals surface area contributed by atoms with Crippen LogP contribution in [0.3, 0.4) is 0 Å². The van der Waals surface area contributed by atoms with Crippen molar-refractivity contribution in [3.8, 4) is 28.6 Å². The minimum Gasteiger partial charge on any atom is -0.489 e. The first-order valence-corrected chi connectivity index (χ1v) is 6.78. The van der Waals surface area contributed by atoms with Crippen LogP contribution in [0.15, 0.2) is 46.8 Å². The second-order valence-corrected chi connectivity index (χ2v) is 4.76. The van der Waals surface area contributed by atoms with Crippen molar-refractivity contribution in [3.63, 3.8) is 0 Å². The van der Waals surface area contributed by atoms with E-state index in [0.717, 1.165) is 6.92 Å². The first kappa shape index (κ1) is 6.86. The Morgan fingerprint density at radius 1 is 1.42 bits per heavy atom. The number of halogens is 1. The van der Waals surface area contributed by atoms with Gasteiger partial charge in [0.2, 0.25) is 7.26 Å². The van der Waals surface area contributed by atoms with Crippen molar-refractivity contribution in [1.82, 2.24) is 10.1 Å². The summed E-state index contributed by atoms with van der Waals surface area (Å²) in [4.78, 5) is 3.94. The van der Waals surface area contributed by atoms with Gasteiger partial charge in [-0.25, -0.2) is 0 Å². The molecule has 5 nitrogen and oxygen atoms in total.